The van der Waals surface area contributed by atoms with Crippen molar-refractivity contribution in [1.82, 2.24) is 5.32 Å². The highest BCUT2D eigenvalue weighted by Crippen LogP contribution is 2.17. The van der Waals surface area contributed by atoms with Gasteiger partial charge in [-0.25, -0.2) is 0 Å². The molecule has 0 rings (SSSR count). The Morgan fingerprint density at radius 1 is 1.33 bits per heavy atom. The Kier molecular flexibility index (Phi) is 3.87. The quantitative estimate of drug-likeness (QED) is 0.491. The lowest BCUT2D eigenvalue weighted by Crippen LogP contribution is -2.44. The highest BCUT2D eigenvalue weighted by molar-refractivity contribution is 5.60. The molecule has 0 aliphatic heterocycles. The summed E-state index contributed by atoms with van der Waals surface area (Å²) in [5.41, 5.74) is -1.14. The van der Waals surface area contributed by atoms with E-state index in [4.69, 9.17) is 0 Å². The topological polar surface area (TPSA) is 49.3 Å². The van der Waals surface area contributed by atoms with Gasteiger partial charge in [-0.2, -0.15) is 0 Å². The van der Waals surface area contributed by atoms with Crippen molar-refractivity contribution in [2.24, 2.45) is 5.41 Å². The van der Waals surface area contributed by atoms with E-state index in [9.17, 15) is 9.90 Å². The summed E-state index contributed by atoms with van der Waals surface area (Å²) >= 11 is 0. The van der Waals surface area contributed by atoms with Crippen LogP contribution in [0.25, 0.3) is 0 Å². The molecule has 12 heavy (non-hydrogen) atoms. The molecule has 0 aliphatic rings. The van der Waals surface area contributed by atoms with Gasteiger partial charge in [-0.1, -0.05) is 20.8 Å². The molecular formula is C9H19NO2. The van der Waals surface area contributed by atoms with E-state index >= 15 is 0 Å². The van der Waals surface area contributed by atoms with E-state index in [1.54, 1.807) is 0 Å². The molecule has 0 fully saturated rings. The van der Waals surface area contributed by atoms with Crippen molar-refractivity contribution < 1.29 is 9.90 Å². The third-order valence-electron chi connectivity index (χ3n) is 1.59. The number of nitrogens with one attached hydrogen (secondary N) is 1. The number of aliphatic hydroxyl groups is 1. The van der Waals surface area contributed by atoms with Crippen LogP contribution in [0.1, 0.15) is 34.1 Å². The summed E-state index contributed by atoms with van der Waals surface area (Å²) in [5, 5.41) is 12.0. The maximum absolute atomic E-state index is 10.3. The van der Waals surface area contributed by atoms with Gasteiger partial charge in [0.1, 0.15) is 0 Å². The maximum atomic E-state index is 10.3. The first-order valence-electron chi connectivity index (χ1n) is 4.21. The predicted molar refractivity (Wildman–Crippen MR) is 48.8 cm³/mol. The van der Waals surface area contributed by atoms with Crippen LogP contribution >= 0.6 is 0 Å². The second kappa shape index (κ2) is 4.01. The maximum Gasteiger partial charge on any atom is 0.169 e. The average Bonchev–Trinajstić information content (AvgIpc) is 1.84. The Balaban J connectivity index is 3.64. The summed E-state index contributed by atoms with van der Waals surface area (Å²) in [5.74, 6) is 0. The van der Waals surface area contributed by atoms with E-state index in [0.717, 1.165) is 6.42 Å². The van der Waals surface area contributed by atoms with E-state index in [-0.39, 0.29) is 5.41 Å². The Hall–Kier alpha value is -0.410. The van der Waals surface area contributed by atoms with Crippen molar-refractivity contribution in [1.29, 1.82) is 0 Å². The van der Waals surface area contributed by atoms with E-state index in [2.05, 4.69) is 26.1 Å². The zero-order valence-corrected chi connectivity index (χ0v) is 8.35. The van der Waals surface area contributed by atoms with Crippen LogP contribution in [-0.2, 0) is 4.79 Å². The predicted octanol–water partition coefficient (Wildman–Crippen LogP) is 0.920. The van der Waals surface area contributed by atoms with Gasteiger partial charge in [0.25, 0.3) is 0 Å². The lowest BCUT2D eigenvalue weighted by atomic mass is 9.92. The smallest absolute Gasteiger partial charge is 0.169 e. The van der Waals surface area contributed by atoms with Gasteiger partial charge in [0.2, 0.25) is 0 Å². The normalized spacial score (nSPS) is 17.1. The number of hydrogen-bond acceptors (Lipinski definition) is 3. The van der Waals surface area contributed by atoms with Gasteiger partial charge in [-0.05, 0) is 25.3 Å². The molecule has 0 aromatic rings. The van der Waals surface area contributed by atoms with Crippen LogP contribution in [0.15, 0.2) is 0 Å². The van der Waals surface area contributed by atoms with E-state index < -0.39 is 5.72 Å². The number of rotatable bonds is 4. The van der Waals surface area contributed by atoms with E-state index in [1.807, 2.05) is 0 Å². The third-order valence-corrected chi connectivity index (χ3v) is 1.59. The van der Waals surface area contributed by atoms with Gasteiger partial charge in [0.05, 0.1) is 0 Å². The summed E-state index contributed by atoms with van der Waals surface area (Å²) in [6, 6.07) is 0. The minimum absolute atomic E-state index is 0.228. The first kappa shape index (κ1) is 11.6. The van der Waals surface area contributed by atoms with Gasteiger partial charge in [-0.3, -0.25) is 10.1 Å². The van der Waals surface area contributed by atoms with E-state index in [0.29, 0.717) is 12.8 Å². The molecule has 0 spiro atoms. The van der Waals surface area contributed by atoms with Crippen molar-refractivity contribution in [2.75, 3.05) is 6.54 Å². The number of carbonyl (C=O) groups is 1. The van der Waals surface area contributed by atoms with Gasteiger partial charge in [0.15, 0.2) is 12.0 Å². The molecule has 0 radical (unpaired) electrons. The molecule has 0 aromatic carbocycles. The van der Waals surface area contributed by atoms with Crippen LogP contribution < -0.4 is 5.32 Å². The lowest BCUT2D eigenvalue weighted by molar-refractivity contribution is -0.125. The summed E-state index contributed by atoms with van der Waals surface area (Å²) in [4.78, 5) is 10.3. The Bertz CT molecular complexity index is 147. The lowest BCUT2D eigenvalue weighted by Gasteiger charge is -2.22. The summed E-state index contributed by atoms with van der Waals surface area (Å²) in [6.07, 6.45) is 1.44. The number of aldehydes is 1. The molecule has 0 saturated heterocycles. The second-order valence-electron chi connectivity index (χ2n) is 4.50. The van der Waals surface area contributed by atoms with Crippen LogP contribution in [0.4, 0.5) is 0 Å². The molecule has 2 N–H and O–H groups in total. The molecule has 0 amide bonds. The molecule has 0 aromatic heterocycles. The van der Waals surface area contributed by atoms with Gasteiger partial charge in [0, 0.05) is 0 Å². The summed E-state index contributed by atoms with van der Waals surface area (Å²) < 4.78 is 0. The minimum Gasteiger partial charge on any atom is -0.369 e. The van der Waals surface area contributed by atoms with Crippen molar-refractivity contribution in [2.45, 2.75) is 39.8 Å². The molecule has 0 aliphatic carbocycles. The van der Waals surface area contributed by atoms with Crippen molar-refractivity contribution in [3.63, 3.8) is 0 Å². The molecule has 72 valence electrons. The Morgan fingerprint density at radius 3 is 2.17 bits per heavy atom. The molecule has 0 saturated carbocycles. The van der Waals surface area contributed by atoms with E-state index in [1.165, 1.54) is 6.92 Å². The fourth-order valence-electron chi connectivity index (χ4n) is 0.732. The fraction of sp³-hybridized carbons (Fsp3) is 0.889. The zero-order chi connectivity index (χ0) is 9.83. The molecule has 0 bridgehead atoms. The molecular weight excluding hydrogens is 154 g/mol. The van der Waals surface area contributed by atoms with Gasteiger partial charge in [-0.15, -0.1) is 0 Å². The minimum atomic E-state index is -1.37. The Labute approximate surface area is 74.2 Å². The molecule has 3 heteroatoms. The van der Waals surface area contributed by atoms with Crippen LogP contribution in [-0.4, -0.2) is 23.7 Å². The Morgan fingerprint density at radius 2 is 1.83 bits per heavy atom. The first-order chi connectivity index (χ1) is 5.27. The highest BCUT2D eigenvalue weighted by atomic mass is 16.3. The monoisotopic (exact) mass is 173 g/mol. The number of hydrogen-bond donors (Lipinski definition) is 2. The van der Waals surface area contributed by atoms with Crippen LogP contribution in [0.3, 0.4) is 0 Å². The summed E-state index contributed by atoms with van der Waals surface area (Å²) in [6.45, 7) is 8.44. The standard InChI is InChI=1S/C9H19NO2/c1-8(2,3)5-6-10-9(4,12)7-11/h7,10,12H,5-6H2,1-4H3. The van der Waals surface area contributed by atoms with Crippen molar-refractivity contribution >= 4 is 6.29 Å². The third kappa shape index (κ3) is 6.31. The average molecular weight is 173 g/mol. The zero-order valence-electron chi connectivity index (χ0n) is 8.35. The molecule has 3 nitrogen and oxygen atoms in total. The highest BCUT2D eigenvalue weighted by Gasteiger charge is 2.18. The second-order valence-corrected chi connectivity index (χ2v) is 4.50. The molecule has 1 atom stereocenters. The van der Waals surface area contributed by atoms with Crippen LogP contribution in [0, 0.1) is 5.41 Å². The van der Waals surface area contributed by atoms with Crippen LogP contribution in [0.5, 0.6) is 0 Å². The van der Waals surface area contributed by atoms with Crippen LogP contribution in [0.2, 0.25) is 0 Å². The van der Waals surface area contributed by atoms with Gasteiger partial charge < -0.3 is 5.11 Å². The molecule has 1 unspecified atom stereocenters. The van der Waals surface area contributed by atoms with Crippen molar-refractivity contribution in [3.05, 3.63) is 0 Å². The SMILES string of the molecule is CC(C)(C)CCNC(C)(O)C=O. The first-order valence-corrected chi connectivity index (χ1v) is 4.21. The largest absolute Gasteiger partial charge is 0.369 e. The number of carbonyl (C=O) groups excluding carboxylic acids is 1. The van der Waals surface area contributed by atoms with Gasteiger partial charge >= 0.3 is 0 Å². The molecule has 0 heterocycles. The van der Waals surface area contributed by atoms with Crippen molar-refractivity contribution in [3.8, 4) is 0 Å². The fourth-order valence-corrected chi connectivity index (χ4v) is 0.732. The summed E-state index contributed by atoms with van der Waals surface area (Å²) in [7, 11) is 0.